The summed E-state index contributed by atoms with van der Waals surface area (Å²) in [5.41, 5.74) is 2.48. The number of rotatable bonds is 5. The van der Waals surface area contributed by atoms with E-state index in [1.54, 1.807) is 18.2 Å². The first kappa shape index (κ1) is 16.5. The molecule has 0 saturated carbocycles. The number of aryl methyl sites for hydroxylation is 2. The van der Waals surface area contributed by atoms with Crippen LogP contribution in [-0.4, -0.2) is 9.97 Å². The summed E-state index contributed by atoms with van der Waals surface area (Å²) in [7, 11) is 0. The van der Waals surface area contributed by atoms with Crippen LogP contribution in [0.4, 0.5) is 4.39 Å². The van der Waals surface area contributed by atoms with Crippen molar-refractivity contribution in [3.63, 3.8) is 0 Å². The van der Waals surface area contributed by atoms with Crippen molar-refractivity contribution in [1.82, 2.24) is 9.97 Å². The summed E-state index contributed by atoms with van der Waals surface area (Å²) in [5.74, 6) is 1.52. The fourth-order valence-corrected chi connectivity index (χ4v) is 3.05. The minimum absolute atomic E-state index is 0.214. The van der Waals surface area contributed by atoms with Gasteiger partial charge in [-0.1, -0.05) is 48.2 Å². The maximum Gasteiger partial charge on any atom is 0.223 e. The van der Waals surface area contributed by atoms with Gasteiger partial charge in [-0.25, -0.2) is 9.37 Å². The SMILES string of the molecule is Cc1cc(Oc2ccccc2C)nc(SCc2ccccc2F)n1. The Morgan fingerprint density at radius 1 is 1.00 bits per heavy atom. The van der Waals surface area contributed by atoms with E-state index in [0.29, 0.717) is 22.4 Å². The van der Waals surface area contributed by atoms with Gasteiger partial charge in [-0.3, -0.25) is 0 Å². The molecule has 0 spiro atoms. The summed E-state index contributed by atoms with van der Waals surface area (Å²) in [6.45, 7) is 3.87. The van der Waals surface area contributed by atoms with Crippen LogP contribution in [0.3, 0.4) is 0 Å². The van der Waals surface area contributed by atoms with Crippen LogP contribution >= 0.6 is 11.8 Å². The van der Waals surface area contributed by atoms with E-state index in [1.165, 1.54) is 17.8 Å². The zero-order chi connectivity index (χ0) is 16.9. The molecule has 0 atom stereocenters. The predicted octanol–water partition coefficient (Wildman–Crippen LogP) is 5.32. The van der Waals surface area contributed by atoms with E-state index in [4.69, 9.17) is 4.74 Å². The highest BCUT2D eigenvalue weighted by Crippen LogP contribution is 2.27. The molecule has 3 aromatic rings. The van der Waals surface area contributed by atoms with E-state index < -0.39 is 0 Å². The van der Waals surface area contributed by atoms with Crippen LogP contribution in [0, 0.1) is 19.7 Å². The lowest BCUT2D eigenvalue weighted by Crippen LogP contribution is -1.96. The molecule has 0 aliphatic carbocycles. The monoisotopic (exact) mass is 340 g/mol. The van der Waals surface area contributed by atoms with Crippen molar-refractivity contribution in [2.75, 3.05) is 0 Å². The zero-order valence-corrected chi connectivity index (χ0v) is 14.3. The lowest BCUT2D eigenvalue weighted by Gasteiger charge is -2.09. The number of thioether (sulfide) groups is 1. The third-order valence-electron chi connectivity index (χ3n) is 3.43. The van der Waals surface area contributed by atoms with E-state index in [9.17, 15) is 4.39 Å². The van der Waals surface area contributed by atoms with Crippen molar-refractivity contribution in [3.05, 3.63) is 77.2 Å². The maximum atomic E-state index is 13.7. The number of benzene rings is 2. The number of hydrogen-bond donors (Lipinski definition) is 0. The minimum Gasteiger partial charge on any atom is -0.439 e. The third-order valence-corrected chi connectivity index (χ3v) is 4.33. The largest absolute Gasteiger partial charge is 0.439 e. The number of aromatic nitrogens is 2. The molecule has 3 nitrogen and oxygen atoms in total. The van der Waals surface area contributed by atoms with E-state index in [2.05, 4.69) is 9.97 Å². The Hall–Kier alpha value is -2.40. The Labute approximate surface area is 144 Å². The molecule has 0 aliphatic heterocycles. The predicted molar refractivity (Wildman–Crippen MR) is 94.0 cm³/mol. The van der Waals surface area contributed by atoms with Crippen molar-refractivity contribution in [1.29, 1.82) is 0 Å². The first-order chi connectivity index (χ1) is 11.6. The molecule has 0 bridgehead atoms. The molecule has 122 valence electrons. The van der Waals surface area contributed by atoms with Crippen LogP contribution in [0.2, 0.25) is 0 Å². The lowest BCUT2D eigenvalue weighted by molar-refractivity contribution is 0.451. The van der Waals surface area contributed by atoms with Gasteiger partial charge in [0.2, 0.25) is 5.88 Å². The number of nitrogens with zero attached hydrogens (tertiary/aromatic N) is 2. The third kappa shape index (κ3) is 4.11. The first-order valence-electron chi connectivity index (χ1n) is 7.57. The molecule has 1 aromatic heterocycles. The van der Waals surface area contributed by atoms with Gasteiger partial charge in [-0.15, -0.1) is 0 Å². The standard InChI is InChI=1S/C19H17FN2OS/c1-13-7-3-6-10-17(13)23-18-11-14(2)21-19(22-18)24-12-15-8-4-5-9-16(15)20/h3-11H,12H2,1-2H3. The van der Waals surface area contributed by atoms with Gasteiger partial charge in [0.15, 0.2) is 5.16 Å². The van der Waals surface area contributed by atoms with Crippen LogP contribution in [0.1, 0.15) is 16.8 Å². The van der Waals surface area contributed by atoms with E-state index in [0.717, 1.165) is 17.0 Å². The Kier molecular flexibility index (Phi) is 5.11. The van der Waals surface area contributed by atoms with Crippen molar-refractivity contribution >= 4 is 11.8 Å². The van der Waals surface area contributed by atoms with Gasteiger partial charge in [-0.05, 0) is 37.1 Å². The quantitative estimate of drug-likeness (QED) is 0.465. The molecule has 0 fully saturated rings. The molecule has 0 aliphatic rings. The molecule has 1 heterocycles. The van der Waals surface area contributed by atoms with Crippen LogP contribution in [0.5, 0.6) is 11.6 Å². The zero-order valence-electron chi connectivity index (χ0n) is 13.5. The highest BCUT2D eigenvalue weighted by Gasteiger charge is 2.08. The Bertz CT molecular complexity index is 854. The normalized spacial score (nSPS) is 10.6. The second-order valence-electron chi connectivity index (χ2n) is 5.38. The molecule has 24 heavy (non-hydrogen) atoms. The number of hydrogen-bond acceptors (Lipinski definition) is 4. The molecule has 0 amide bonds. The van der Waals surface area contributed by atoms with Crippen molar-refractivity contribution in [2.45, 2.75) is 24.8 Å². The average molecular weight is 340 g/mol. The van der Waals surface area contributed by atoms with Crippen LogP contribution in [-0.2, 0) is 5.75 Å². The number of para-hydroxylation sites is 1. The van der Waals surface area contributed by atoms with Gasteiger partial charge in [0.1, 0.15) is 11.6 Å². The maximum absolute atomic E-state index is 13.7. The highest BCUT2D eigenvalue weighted by atomic mass is 32.2. The summed E-state index contributed by atoms with van der Waals surface area (Å²) in [6, 6.07) is 16.3. The van der Waals surface area contributed by atoms with Crippen molar-refractivity contribution < 1.29 is 9.13 Å². The molecule has 3 rings (SSSR count). The Morgan fingerprint density at radius 3 is 2.54 bits per heavy atom. The topological polar surface area (TPSA) is 35.0 Å². The second-order valence-corrected chi connectivity index (χ2v) is 6.32. The lowest BCUT2D eigenvalue weighted by atomic mass is 10.2. The van der Waals surface area contributed by atoms with E-state index in [1.807, 2.05) is 44.2 Å². The van der Waals surface area contributed by atoms with Crippen LogP contribution in [0.15, 0.2) is 59.8 Å². The number of halogens is 1. The van der Waals surface area contributed by atoms with Gasteiger partial charge in [-0.2, -0.15) is 4.98 Å². The fourth-order valence-electron chi connectivity index (χ4n) is 2.17. The molecule has 2 aromatic carbocycles. The smallest absolute Gasteiger partial charge is 0.223 e. The molecular formula is C19H17FN2OS. The fraction of sp³-hybridized carbons (Fsp3) is 0.158. The van der Waals surface area contributed by atoms with Crippen molar-refractivity contribution in [2.24, 2.45) is 0 Å². The number of ether oxygens (including phenoxy) is 1. The van der Waals surface area contributed by atoms with E-state index in [-0.39, 0.29) is 5.82 Å². The summed E-state index contributed by atoms with van der Waals surface area (Å²) in [4.78, 5) is 8.81. The van der Waals surface area contributed by atoms with Gasteiger partial charge >= 0.3 is 0 Å². The minimum atomic E-state index is -0.214. The molecule has 0 N–H and O–H groups in total. The van der Waals surface area contributed by atoms with Gasteiger partial charge in [0, 0.05) is 17.5 Å². The summed E-state index contributed by atoms with van der Waals surface area (Å²) >= 11 is 1.39. The average Bonchev–Trinajstić information content (AvgIpc) is 2.56. The molecule has 0 saturated heterocycles. The van der Waals surface area contributed by atoms with Gasteiger partial charge in [0.25, 0.3) is 0 Å². The summed E-state index contributed by atoms with van der Waals surface area (Å²) < 4.78 is 19.6. The second kappa shape index (κ2) is 7.45. The molecule has 0 unspecified atom stereocenters. The van der Waals surface area contributed by atoms with Gasteiger partial charge < -0.3 is 4.74 Å². The summed E-state index contributed by atoms with van der Waals surface area (Å²) in [6.07, 6.45) is 0. The molecule has 0 radical (unpaired) electrons. The Morgan fingerprint density at radius 2 is 1.75 bits per heavy atom. The first-order valence-corrected chi connectivity index (χ1v) is 8.56. The van der Waals surface area contributed by atoms with Gasteiger partial charge in [0.05, 0.1) is 0 Å². The van der Waals surface area contributed by atoms with Crippen molar-refractivity contribution in [3.8, 4) is 11.6 Å². The van der Waals surface area contributed by atoms with Crippen LogP contribution in [0.25, 0.3) is 0 Å². The highest BCUT2D eigenvalue weighted by molar-refractivity contribution is 7.98. The Balaban J connectivity index is 1.77. The summed E-state index contributed by atoms with van der Waals surface area (Å²) in [5, 5.41) is 0.571. The molecular weight excluding hydrogens is 323 g/mol. The van der Waals surface area contributed by atoms with Crippen LogP contribution < -0.4 is 4.74 Å². The molecule has 5 heteroatoms. The van der Waals surface area contributed by atoms with E-state index >= 15 is 0 Å².